The molecule has 1 heterocycles. The van der Waals surface area contributed by atoms with Crippen LogP contribution in [-0.4, -0.2) is 38.5 Å². The van der Waals surface area contributed by atoms with Crippen molar-refractivity contribution in [2.75, 3.05) is 19.7 Å². The highest BCUT2D eigenvalue weighted by molar-refractivity contribution is 7.89. The average Bonchev–Trinajstić information content (AvgIpc) is 2.40. The second-order valence-electron chi connectivity index (χ2n) is 4.94. The van der Waals surface area contributed by atoms with Crippen LogP contribution < -0.4 is 0 Å². The summed E-state index contributed by atoms with van der Waals surface area (Å²) in [6, 6.07) is 7.22. The van der Waals surface area contributed by atoms with Crippen LogP contribution in [0, 0.1) is 0 Å². The van der Waals surface area contributed by atoms with Crippen molar-refractivity contribution in [1.29, 1.82) is 0 Å². The van der Waals surface area contributed by atoms with Crippen LogP contribution in [0.3, 0.4) is 0 Å². The second kappa shape index (κ2) is 6.03. The number of aryl methyl sites for hydroxylation is 1. The van der Waals surface area contributed by atoms with Gasteiger partial charge in [0, 0.05) is 13.1 Å². The molecule has 1 aliphatic heterocycles. The number of morpholine rings is 1. The molecule has 1 aromatic carbocycles. The zero-order valence-electron chi connectivity index (χ0n) is 11.5. The number of hydrogen-bond donors (Lipinski definition) is 0. The minimum absolute atomic E-state index is 0.0390. The summed E-state index contributed by atoms with van der Waals surface area (Å²) in [5, 5.41) is 0. The summed E-state index contributed by atoms with van der Waals surface area (Å²) in [5.41, 5.74) is 1.18. The molecule has 0 radical (unpaired) electrons. The van der Waals surface area contributed by atoms with Crippen LogP contribution in [0.25, 0.3) is 0 Å². The lowest BCUT2D eigenvalue weighted by molar-refractivity contribution is 0.0102. The molecule has 1 unspecified atom stereocenters. The molecule has 0 aliphatic carbocycles. The first-order chi connectivity index (χ1) is 9.04. The van der Waals surface area contributed by atoms with Gasteiger partial charge in [-0.3, -0.25) is 0 Å². The van der Waals surface area contributed by atoms with E-state index < -0.39 is 10.0 Å². The van der Waals surface area contributed by atoms with Gasteiger partial charge in [0.15, 0.2) is 0 Å². The van der Waals surface area contributed by atoms with Gasteiger partial charge >= 0.3 is 0 Å². The van der Waals surface area contributed by atoms with E-state index in [4.69, 9.17) is 4.74 Å². The summed E-state index contributed by atoms with van der Waals surface area (Å²) in [5.74, 6) is 0. The Hall–Kier alpha value is -0.910. The molecule has 5 heteroatoms. The quantitative estimate of drug-likeness (QED) is 0.849. The minimum Gasteiger partial charge on any atom is -0.376 e. The van der Waals surface area contributed by atoms with Crippen LogP contribution in [-0.2, 0) is 21.2 Å². The predicted molar refractivity (Wildman–Crippen MR) is 74.6 cm³/mol. The Balaban J connectivity index is 2.18. The summed E-state index contributed by atoms with van der Waals surface area (Å²) in [6.07, 6.45) is 2.00. The third-order valence-electron chi connectivity index (χ3n) is 3.30. The van der Waals surface area contributed by atoms with Crippen molar-refractivity contribution in [3.63, 3.8) is 0 Å². The third kappa shape index (κ3) is 3.35. The fourth-order valence-electron chi connectivity index (χ4n) is 2.27. The molecular weight excluding hydrogens is 262 g/mol. The van der Waals surface area contributed by atoms with E-state index in [1.54, 1.807) is 12.1 Å². The second-order valence-corrected chi connectivity index (χ2v) is 6.88. The van der Waals surface area contributed by atoms with Crippen molar-refractivity contribution in [2.24, 2.45) is 0 Å². The Kier molecular flexibility index (Phi) is 4.60. The Labute approximate surface area is 115 Å². The fraction of sp³-hybridized carbons (Fsp3) is 0.571. The van der Waals surface area contributed by atoms with E-state index >= 15 is 0 Å². The number of benzene rings is 1. The fourth-order valence-corrected chi connectivity index (χ4v) is 3.77. The molecule has 2 rings (SSSR count). The lowest BCUT2D eigenvalue weighted by atomic mass is 10.1. The van der Waals surface area contributed by atoms with Crippen molar-refractivity contribution >= 4 is 10.0 Å². The maximum atomic E-state index is 12.5. The van der Waals surface area contributed by atoms with Gasteiger partial charge in [0.25, 0.3) is 0 Å². The van der Waals surface area contributed by atoms with E-state index in [1.165, 1.54) is 9.87 Å². The zero-order valence-corrected chi connectivity index (χ0v) is 12.3. The Morgan fingerprint density at radius 2 is 2.00 bits per heavy atom. The molecule has 0 spiro atoms. The summed E-state index contributed by atoms with van der Waals surface area (Å²) in [7, 11) is -3.37. The van der Waals surface area contributed by atoms with Gasteiger partial charge in [0.2, 0.25) is 10.0 Å². The first-order valence-corrected chi connectivity index (χ1v) is 8.18. The van der Waals surface area contributed by atoms with E-state index in [1.807, 2.05) is 19.1 Å². The van der Waals surface area contributed by atoms with Crippen LogP contribution in [0.5, 0.6) is 0 Å². The van der Waals surface area contributed by atoms with Crippen LogP contribution in [0.4, 0.5) is 0 Å². The normalized spacial score (nSPS) is 21.5. The molecule has 1 fully saturated rings. The lowest BCUT2D eigenvalue weighted by Gasteiger charge is -2.30. The van der Waals surface area contributed by atoms with Gasteiger partial charge in [-0.05, 0) is 31.0 Å². The van der Waals surface area contributed by atoms with Gasteiger partial charge in [-0.15, -0.1) is 0 Å². The molecule has 1 saturated heterocycles. The Bertz CT molecular complexity index is 510. The van der Waals surface area contributed by atoms with Gasteiger partial charge in [-0.2, -0.15) is 4.31 Å². The molecule has 0 amide bonds. The van der Waals surface area contributed by atoms with E-state index in [0.29, 0.717) is 24.6 Å². The standard InChI is InChI=1S/C14H21NO3S/c1-3-4-13-5-7-14(8-6-13)19(16,17)15-9-10-18-12(2)11-15/h5-8,12H,3-4,9-11H2,1-2H3. The van der Waals surface area contributed by atoms with Crippen molar-refractivity contribution in [3.8, 4) is 0 Å². The first kappa shape index (κ1) is 14.5. The molecule has 0 bridgehead atoms. The van der Waals surface area contributed by atoms with Crippen LogP contribution in [0.15, 0.2) is 29.2 Å². The molecule has 1 atom stereocenters. The van der Waals surface area contributed by atoms with Gasteiger partial charge in [-0.25, -0.2) is 8.42 Å². The van der Waals surface area contributed by atoms with Crippen molar-refractivity contribution < 1.29 is 13.2 Å². The average molecular weight is 283 g/mol. The van der Waals surface area contributed by atoms with Crippen molar-refractivity contribution in [2.45, 2.75) is 37.7 Å². The van der Waals surface area contributed by atoms with E-state index in [-0.39, 0.29) is 6.10 Å². The van der Waals surface area contributed by atoms with Gasteiger partial charge in [-0.1, -0.05) is 25.5 Å². The van der Waals surface area contributed by atoms with Gasteiger partial charge in [0.1, 0.15) is 0 Å². The SMILES string of the molecule is CCCc1ccc(S(=O)(=O)N2CCOC(C)C2)cc1. The lowest BCUT2D eigenvalue weighted by Crippen LogP contribution is -2.44. The first-order valence-electron chi connectivity index (χ1n) is 6.74. The number of ether oxygens (including phenoxy) is 1. The van der Waals surface area contributed by atoms with Crippen molar-refractivity contribution in [1.82, 2.24) is 4.31 Å². The molecule has 106 valence electrons. The highest BCUT2D eigenvalue weighted by Crippen LogP contribution is 2.19. The molecule has 4 nitrogen and oxygen atoms in total. The molecular formula is C14H21NO3S. The summed E-state index contributed by atoms with van der Waals surface area (Å²) in [6.45, 7) is 5.34. The number of rotatable bonds is 4. The summed E-state index contributed by atoms with van der Waals surface area (Å²) in [4.78, 5) is 0.376. The highest BCUT2D eigenvalue weighted by atomic mass is 32.2. The third-order valence-corrected chi connectivity index (χ3v) is 5.18. The Morgan fingerprint density at radius 3 is 2.58 bits per heavy atom. The Morgan fingerprint density at radius 1 is 1.32 bits per heavy atom. The van der Waals surface area contributed by atoms with Crippen molar-refractivity contribution in [3.05, 3.63) is 29.8 Å². The zero-order chi connectivity index (χ0) is 13.9. The van der Waals surface area contributed by atoms with Crippen LogP contribution in [0.2, 0.25) is 0 Å². The van der Waals surface area contributed by atoms with Gasteiger partial charge in [0.05, 0.1) is 17.6 Å². The number of nitrogens with zero attached hydrogens (tertiary/aromatic N) is 1. The summed E-state index contributed by atoms with van der Waals surface area (Å²) >= 11 is 0. The topological polar surface area (TPSA) is 46.6 Å². The molecule has 1 aliphatic rings. The van der Waals surface area contributed by atoms with Crippen LogP contribution in [0.1, 0.15) is 25.8 Å². The van der Waals surface area contributed by atoms with E-state index in [0.717, 1.165) is 12.8 Å². The maximum absolute atomic E-state index is 12.5. The highest BCUT2D eigenvalue weighted by Gasteiger charge is 2.28. The predicted octanol–water partition coefficient (Wildman–Crippen LogP) is 2.05. The summed E-state index contributed by atoms with van der Waals surface area (Å²) < 4.78 is 31.8. The number of sulfonamides is 1. The van der Waals surface area contributed by atoms with Crippen LogP contribution >= 0.6 is 0 Å². The molecule has 1 aromatic rings. The maximum Gasteiger partial charge on any atom is 0.243 e. The minimum atomic E-state index is -3.37. The van der Waals surface area contributed by atoms with E-state index in [2.05, 4.69) is 6.92 Å². The molecule has 0 N–H and O–H groups in total. The van der Waals surface area contributed by atoms with E-state index in [9.17, 15) is 8.42 Å². The molecule has 0 saturated carbocycles. The largest absolute Gasteiger partial charge is 0.376 e. The number of hydrogen-bond acceptors (Lipinski definition) is 3. The molecule has 0 aromatic heterocycles. The van der Waals surface area contributed by atoms with Gasteiger partial charge < -0.3 is 4.74 Å². The smallest absolute Gasteiger partial charge is 0.243 e. The monoisotopic (exact) mass is 283 g/mol. The molecule has 19 heavy (non-hydrogen) atoms.